The highest BCUT2D eigenvalue weighted by Gasteiger charge is 2.27. The minimum Gasteiger partial charge on any atom is -0.480 e. The first-order valence-electron chi connectivity index (χ1n) is 23.5. The molecule has 58 heavy (non-hydrogen) atoms. The molecule has 0 bridgehead atoms. The fourth-order valence-corrected chi connectivity index (χ4v) is 7.27. The van der Waals surface area contributed by atoms with Gasteiger partial charge < -0.3 is 25.2 Å². The topological polar surface area (TPSA) is 155 Å². The maximum absolute atomic E-state index is 12.7. The third-order valence-electron chi connectivity index (χ3n) is 10.2. The number of nitrogens with two attached hydrogens (primary N) is 1. The van der Waals surface area contributed by atoms with Gasteiger partial charge in [-0.1, -0.05) is 192 Å². The molecule has 0 fully saturated rings. The molecule has 11 heteroatoms. The number of carboxylic acid groups (broad SMARTS) is 1. The minimum absolute atomic E-state index is 0.0166. The molecule has 340 valence electrons. The van der Waals surface area contributed by atoms with Crippen molar-refractivity contribution in [3.63, 3.8) is 0 Å². The van der Waals surface area contributed by atoms with Crippen LogP contribution in [0.1, 0.15) is 213 Å². The molecule has 0 aromatic rings. The largest absolute Gasteiger partial charge is 0.480 e. The molecule has 10 nitrogen and oxygen atoms in total. The summed E-state index contributed by atoms with van der Waals surface area (Å²) in [5, 5.41) is 8.90. The van der Waals surface area contributed by atoms with Crippen molar-refractivity contribution < 1.29 is 42.7 Å². The number of phosphoric ester groups is 1. The van der Waals surface area contributed by atoms with E-state index in [2.05, 4.69) is 50.3 Å². The number of hydrogen-bond acceptors (Lipinski definition) is 8. The SMILES string of the molecule is CCCCCCC/C=C\C/C=C\C/C=C\CCCCCCCCCCC(=O)OC(COCCCCCCCCCCCCCCC)COP(=O)(O)OCC(N)C(=O)O. The Morgan fingerprint density at radius 1 is 0.552 bits per heavy atom. The average Bonchev–Trinajstić information content (AvgIpc) is 3.20. The minimum atomic E-state index is -4.62. The molecule has 0 radical (unpaired) electrons. The predicted octanol–water partition coefficient (Wildman–Crippen LogP) is 13.3. The van der Waals surface area contributed by atoms with Gasteiger partial charge in [0.2, 0.25) is 0 Å². The van der Waals surface area contributed by atoms with Crippen LogP contribution in [0.4, 0.5) is 0 Å². The third kappa shape index (κ3) is 42.3. The first-order chi connectivity index (χ1) is 28.2. The van der Waals surface area contributed by atoms with Gasteiger partial charge in [0, 0.05) is 13.0 Å². The number of allylic oxidation sites excluding steroid dienone is 6. The van der Waals surface area contributed by atoms with Crippen LogP contribution in [0.15, 0.2) is 36.5 Å². The first-order valence-corrected chi connectivity index (χ1v) is 25.0. The van der Waals surface area contributed by atoms with Crippen molar-refractivity contribution in [2.75, 3.05) is 26.4 Å². The van der Waals surface area contributed by atoms with Crippen molar-refractivity contribution in [1.82, 2.24) is 0 Å². The Kier molecular flexibility index (Phi) is 41.9. The maximum atomic E-state index is 12.7. The third-order valence-corrected chi connectivity index (χ3v) is 11.1. The van der Waals surface area contributed by atoms with E-state index in [-0.39, 0.29) is 13.0 Å². The summed E-state index contributed by atoms with van der Waals surface area (Å²) in [6.07, 6.45) is 49.1. The van der Waals surface area contributed by atoms with E-state index < -0.39 is 45.1 Å². The molecule has 0 amide bonds. The lowest BCUT2D eigenvalue weighted by Gasteiger charge is -2.20. The Labute approximate surface area is 355 Å². The van der Waals surface area contributed by atoms with Crippen LogP contribution in [-0.2, 0) is 32.7 Å². The standard InChI is InChI=1S/C47H88NO9P/c1-3-5-7-9-11-13-15-17-18-19-20-21-22-23-24-25-26-27-29-31-33-35-37-39-46(49)57-44(42-55-58(52,53)56-43-45(48)47(50)51)41-54-40-38-36-34-32-30-28-16-14-12-10-8-6-4-2/h15,17,19-20,22-23,44-45H,3-14,16,18,21,24-43,48H2,1-2H3,(H,50,51)(H,52,53)/b17-15-,20-19-,23-22-. The van der Waals surface area contributed by atoms with Crippen LogP contribution in [0.5, 0.6) is 0 Å². The van der Waals surface area contributed by atoms with Crippen LogP contribution in [-0.4, -0.2) is 60.5 Å². The summed E-state index contributed by atoms with van der Waals surface area (Å²) in [4.78, 5) is 33.6. The van der Waals surface area contributed by atoms with Crippen LogP contribution in [0, 0.1) is 0 Å². The average molecular weight is 842 g/mol. The van der Waals surface area contributed by atoms with Crippen LogP contribution in [0.25, 0.3) is 0 Å². The second-order valence-electron chi connectivity index (χ2n) is 15.9. The van der Waals surface area contributed by atoms with Gasteiger partial charge in [0.1, 0.15) is 12.1 Å². The number of carboxylic acids is 1. The molecule has 0 rings (SSSR count). The normalized spacial score (nSPS) is 14.1. The highest BCUT2D eigenvalue weighted by molar-refractivity contribution is 7.47. The number of ether oxygens (including phenoxy) is 2. The molecule has 0 saturated carbocycles. The van der Waals surface area contributed by atoms with Gasteiger partial charge in [-0.15, -0.1) is 0 Å². The number of rotatable bonds is 45. The molecule has 0 aromatic carbocycles. The van der Waals surface area contributed by atoms with E-state index in [1.807, 2.05) is 0 Å². The summed E-state index contributed by atoms with van der Waals surface area (Å²) < 4.78 is 33.4. The highest BCUT2D eigenvalue weighted by Crippen LogP contribution is 2.43. The van der Waals surface area contributed by atoms with Gasteiger partial charge in [-0.3, -0.25) is 18.6 Å². The zero-order valence-corrected chi connectivity index (χ0v) is 38.0. The molecule has 0 aliphatic carbocycles. The molecule has 0 aliphatic heterocycles. The van der Waals surface area contributed by atoms with E-state index in [1.54, 1.807) is 0 Å². The summed E-state index contributed by atoms with van der Waals surface area (Å²) in [5.41, 5.74) is 5.36. The number of carbonyl (C=O) groups excluding carboxylic acids is 1. The molecular weight excluding hydrogens is 753 g/mol. The van der Waals surface area contributed by atoms with E-state index in [0.29, 0.717) is 13.0 Å². The van der Waals surface area contributed by atoms with Crippen molar-refractivity contribution in [3.8, 4) is 0 Å². The van der Waals surface area contributed by atoms with Crippen molar-refractivity contribution in [2.24, 2.45) is 5.73 Å². The fraction of sp³-hybridized carbons (Fsp3) is 0.830. The van der Waals surface area contributed by atoms with Gasteiger partial charge in [-0.05, 0) is 51.4 Å². The quantitative estimate of drug-likeness (QED) is 0.0233. The van der Waals surface area contributed by atoms with E-state index in [4.69, 9.17) is 29.4 Å². The predicted molar refractivity (Wildman–Crippen MR) is 240 cm³/mol. The summed E-state index contributed by atoms with van der Waals surface area (Å²) in [6.45, 7) is 3.88. The van der Waals surface area contributed by atoms with Gasteiger partial charge in [0.25, 0.3) is 0 Å². The van der Waals surface area contributed by atoms with E-state index in [0.717, 1.165) is 57.8 Å². The Hall–Kier alpha value is -1.81. The summed E-state index contributed by atoms with van der Waals surface area (Å²) in [6, 6.07) is -1.47. The number of aliphatic carboxylic acids is 1. The Balaban J connectivity index is 4.16. The van der Waals surface area contributed by atoms with Crippen LogP contribution < -0.4 is 5.73 Å². The Bertz CT molecular complexity index is 1070. The lowest BCUT2D eigenvalue weighted by Crippen LogP contribution is -2.34. The molecule has 3 atom stereocenters. The molecular formula is C47H88NO9P. The molecule has 0 aromatic heterocycles. The maximum Gasteiger partial charge on any atom is 0.472 e. The van der Waals surface area contributed by atoms with Crippen LogP contribution >= 0.6 is 7.82 Å². The summed E-state index contributed by atoms with van der Waals surface area (Å²) in [7, 11) is -4.62. The molecule has 0 saturated heterocycles. The van der Waals surface area contributed by atoms with Gasteiger partial charge in [-0.2, -0.15) is 0 Å². The number of unbranched alkanes of at least 4 members (excludes halogenated alkanes) is 25. The zero-order valence-electron chi connectivity index (χ0n) is 37.1. The first kappa shape index (κ1) is 56.2. The lowest BCUT2D eigenvalue weighted by atomic mass is 10.0. The van der Waals surface area contributed by atoms with E-state index >= 15 is 0 Å². The fourth-order valence-electron chi connectivity index (χ4n) is 6.49. The van der Waals surface area contributed by atoms with Crippen LogP contribution in [0.3, 0.4) is 0 Å². The molecule has 0 aliphatic rings. The zero-order chi connectivity index (χ0) is 42.6. The molecule has 3 unspecified atom stereocenters. The summed E-state index contributed by atoms with van der Waals surface area (Å²) in [5.74, 6) is -1.78. The second kappa shape index (κ2) is 43.3. The van der Waals surface area contributed by atoms with E-state index in [1.165, 1.54) is 128 Å². The van der Waals surface area contributed by atoms with Gasteiger partial charge >= 0.3 is 19.8 Å². The van der Waals surface area contributed by atoms with Crippen molar-refractivity contribution in [1.29, 1.82) is 0 Å². The number of esters is 1. The molecule has 4 N–H and O–H groups in total. The second-order valence-corrected chi connectivity index (χ2v) is 17.3. The van der Waals surface area contributed by atoms with Gasteiger partial charge in [0.05, 0.1) is 19.8 Å². The van der Waals surface area contributed by atoms with Crippen molar-refractivity contribution in [2.45, 2.75) is 225 Å². The number of carbonyl (C=O) groups is 2. The monoisotopic (exact) mass is 842 g/mol. The van der Waals surface area contributed by atoms with Gasteiger partial charge in [0.15, 0.2) is 0 Å². The Morgan fingerprint density at radius 3 is 1.41 bits per heavy atom. The lowest BCUT2D eigenvalue weighted by molar-refractivity contribution is -0.154. The van der Waals surface area contributed by atoms with Crippen molar-refractivity contribution >= 4 is 19.8 Å². The Morgan fingerprint density at radius 2 is 0.948 bits per heavy atom. The molecule has 0 heterocycles. The number of phosphoric acid groups is 1. The van der Waals surface area contributed by atoms with E-state index in [9.17, 15) is 19.0 Å². The smallest absolute Gasteiger partial charge is 0.472 e. The summed E-state index contributed by atoms with van der Waals surface area (Å²) >= 11 is 0. The highest BCUT2D eigenvalue weighted by atomic mass is 31.2. The van der Waals surface area contributed by atoms with Crippen LogP contribution in [0.2, 0.25) is 0 Å². The van der Waals surface area contributed by atoms with Gasteiger partial charge in [-0.25, -0.2) is 4.57 Å². The molecule has 0 spiro atoms. The van der Waals surface area contributed by atoms with Crippen molar-refractivity contribution in [3.05, 3.63) is 36.5 Å². The number of hydrogen-bond donors (Lipinski definition) is 3.